The molecule has 0 aliphatic carbocycles. The maximum atomic E-state index is 12.9. The van der Waals surface area contributed by atoms with E-state index in [-0.39, 0.29) is 29.0 Å². The van der Waals surface area contributed by atoms with Crippen molar-refractivity contribution >= 4 is 29.3 Å². The van der Waals surface area contributed by atoms with Crippen molar-refractivity contribution in [3.63, 3.8) is 0 Å². The molecule has 1 saturated heterocycles. The Morgan fingerprint density at radius 3 is 2.56 bits per heavy atom. The van der Waals surface area contributed by atoms with Gasteiger partial charge in [-0.25, -0.2) is 0 Å². The maximum Gasteiger partial charge on any atom is 0.282 e. The monoisotopic (exact) mass is 393 g/mol. The zero-order chi connectivity index (χ0) is 20.0. The van der Waals surface area contributed by atoms with Crippen LogP contribution in [0.3, 0.4) is 0 Å². The van der Waals surface area contributed by atoms with Crippen LogP contribution in [0.25, 0.3) is 0 Å². The fourth-order valence-corrected chi connectivity index (χ4v) is 3.73. The molecule has 0 saturated carbocycles. The van der Waals surface area contributed by atoms with Crippen molar-refractivity contribution in [3.8, 4) is 0 Å². The zero-order valence-electron chi connectivity index (χ0n) is 16.1. The summed E-state index contributed by atoms with van der Waals surface area (Å²) < 4.78 is 0. The average Bonchev–Trinajstić information content (AvgIpc) is 2.70. The topological polar surface area (TPSA) is 83.8 Å². The summed E-state index contributed by atoms with van der Waals surface area (Å²) in [4.78, 5) is 40.4. The summed E-state index contributed by atoms with van der Waals surface area (Å²) in [5.41, 5.74) is -0.0491. The van der Waals surface area contributed by atoms with Gasteiger partial charge in [0.2, 0.25) is 5.91 Å². The van der Waals surface area contributed by atoms with Crippen LogP contribution in [0.5, 0.6) is 0 Å². The number of likely N-dealkylation sites (tertiary alicyclic amines) is 1. The van der Waals surface area contributed by atoms with Crippen molar-refractivity contribution in [3.05, 3.63) is 33.9 Å². The minimum Gasteiger partial charge on any atom is -0.346 e. The fourth-order valence-electron chi connectivity index (χ4n) is 3.29. The summed E-state index contributed by atoms with van der Waals surface area (Å²) in [6.45, 7) is 3.73. The van der Waals surface area contributed by atoms with Gasteiger partial charge in [0.15, 0.2) is 0 Å². The van der Waals surface area contributed by atoms with Gasteiger partial charge in [-0.15, -0.1) is 11.8 Å². The van der Waals surface area contributed by atoms with Crippen LogP contribution in [-0.2, 0) is 4.79 Å². The van der Waals surface area contributed by atoms with Gasteiger partial charge in [0, 0.05) is 43.6 Å². The number of nitro benzene ring substituents is 1. The van der Waals surface area contributed by atoms with Gasteiger partial charge in [-0.3, -0.25) is 19.7 Å². The number of hydrogen-bond acceptors (Lipinski definition) is 5. The molecule has 2 amide bonds. The predicted octanol–water partition coefficient (Wildman–Crippen LogP) is 3.43. The smallest absolute Gasteiger partial charge is 0.282 e. The molecule has 0 bridgehead atoms. The minimum absolute atomic E-state index is 0.0802. The molecule has 0 radical (unpaired) electrons. The second kappa shape index (κ2) is 9.73. The number of unbranched alkanes of at least 4 members (excludes halogenated alkanes) is 1. The lowest BCUT2D eigenvalue weighted by atomic mass is 9.94. The Balaban J connectivity index is 2.05. The van der Waals surface area contributed by atoms with Crippen LogP contribution in [-0.4, -0.2) is 59.5 Å². The zero-order valence-corrected chi connectivity index (χ0v) is 17.0. The first-order valence-electron chi connectivity index (χ1n) is 9.25. The molecule has 0 aromatic heterocycles. The van der Waals surface area contributed by atoms with Gasteiger partial charge >= 0.3 is 0 Å². The number of nitrogens with zero attached hydrogens (tertiary/aromatic N) is 3. The van der Waals surface area contributed by atoms with Gasteiger partial charge in [0.1, 0.15) is 5.56 Å². The number of carbonyl (C=O) groups is 2. The lowest BCUT2D eigenvalue weighted by Crippen LogP contribution is -2.43. The highest BCUT2D eigenvalue weighted by Gasteiger charge is 2.31. The third kappa shape index (κ3) is 5.22. The molecule has 8 heteroatoms. The minimum atomic E-state index is -0.518. The summed E-state index contributed by atoms with van der Waals surface area (Å²) >= 11 is 1.44. The molecular weight excluding hydrogens is 366 g/mol. The third-order valence-corrected chi connectivity index (χ3v) is 5.71. The van der Waals surface area contributed by atoms with Gasteiger partial charge in [0.05, 0.1) is 4.92 Å². The second-order valence-electron chi connectivity index (χ2n) is 6.82. The SMILES string of the molecule is CCCCN(C)C(=O)C1CCN(C(=O)c2cc(SC)ccc2[N+](=O)[O-])CC1. The van der Waals surface area contributed by atoms with Gasteiger partial charge in [0.25, 0.3) is 11.6 Å². The largest absolute Gasteiger partial charge is 0.346 e. The number of thioether (sulfide) groups is 1. The first-order chi connectivity index (χ1) is 12.9. The molecule has 1 aliphatic rings. The molecule has 7 nitrogen and oxygen atoms in total. The molecule has 1 aromatic rings. The number of hydrogen-bond donors (Lipinski definition) is 0. The van der Waals surface area contributed by atoms with E-state index in [1.54, 1.807) is 21.9 Å². The van der Waals surface area contributed by atoms with Crippen LogP contribution >= 0.6 is 11.8 Å². The van der Waals surface area contributed by atoms with E-state index in [1.807, 2.05) is 13.3 Å². The Morgan fingerprint density at radius 1 is 1.33 bits per heavy atom. The highest BCUT2D eigenvalue weighted by Crippen LogP contribution is 2.28. The molecule has 2 rings (SSSR count). The molecule has 0 atom stereocenters. The van der Waals surface area contributed by atoms with E-state index in [0.29, 0.717) is 25.9 Å². The lowest BCUT2D eigenvalue weighted by molar-refractivity contribution is -0.385. The second-order valence-corrected chi connectivity index (χ2v) is 7.70. The average molecular weight is 394 g/mol. The summed E-state index contributed by atoms with van der Waals surface area (Å²) in [5, 5.41) is 11.3. The highest BCUT2D eigenvalue weighted by atomic mass is 32.2. The van der Waals surface area contributed by atoms with E-state index in [4.69, 9.17) is 0 Å². The summed E-state index contributed by atoms with van der Waals surface area (Å²) in [7, 11) is 1.83. The van der Waals surface area contributed by atoms with Crippen LogP contribution in [0.4, 0.5) is 5.69 Å². The van der Waals surface area contributed by atoms with Crippen LogP contribution in [0.15, 0.2) is 23.1 Å². The van der Waals surface area contributed by atoms with E-state index in [1.165, 1.54) is 17.8 Å². The number of piperidine rings is 1. The van der Waals surface area contributed by atoms with Crippen molar-refractivity contribution in [2.45, 2.75) is 37.5 Å². The summed E-state index contributed by atoms with van der Waals surface area (Å²) in [5.74, 6) is -0.280. The van der Waals surface area contributed by atoms with Crippen LogP contribution in [0.2, 0.25) is 0 Å². The van der Waals surface area contributed by atoms with E-state index in [2.05, 4.69) is 6.92 Å². The molecule has 1 aliphatic heterocycles. The van der Waals surface area contributed by atoms with Crippen molar-refractivity contribution in [1.82, 2.24) is 9.80 Å². The van der Waals surface area contributed by atoms with E-state index < -0.39 is 4.92 Å². The number of carbonyl (C=O) groups excluding carboxylic acids is 2. The summed E-state index contributed by atoms with van der Waals surface area (Å²) in [6.07, 6.45) is 5.07. The fraction of sp³-hybridized carbons (Fsp3) is 0.579. The third-order valence-electron chi connectivity index (χ3n) is 4.99. The van der Waals surface area contributed by atoms with Crippen molar-refractivity contribution in [2.75, 3.05) is 32.9 Å². The molecular formula is C19H27N3O4S. The molecule has 1 fully saturated rings. The Hall–Kier alpha value is -2.09. The maximum absolute atomic E-state index is 12.9. The summed E-state index contributed by atoms with van der Waals surface area (Å²) in [6, 6.07) is 4.62. The standard InChI is InChI=1S/C19H27N3O4S/c1-4-5-10-20(2)18(23)14-8-11-21(12-9-14)19(24)16-13-15(27-3)6-7-17(16)22(25)26/h6-7,13-14H,4-5,8-12H2,1-3H3. The highest BCUT2D eigenvalue weighted by molar-refractivity contribution is 7.98. The van der Waals surface area contributed by atoms with Crippen LogP contribution in [0.1, 0.15) is 43.0 Å². The Morgan fingerprint density at radius 2 is 2.00 bits per heavy atom. The molecule has 148 valence electrons. The predicted molar refractivity (Wildman–Crippen MR) is 106 cm³/mol. The van der Waals surface area contributed by atoms with Crippen LogP contribution < -0.4 is 0 Å². The van der Waals surface area contributed by atoms with Crippen molar-refractivity contribution in [2.24, 2.45) is 5.92 Å². The van der Waals surface area contributed by atoms with Gasteiger partial charge in [-0.05, 0) is 37.7 Å². The molecule has 0 N–H and O–H groups in total. The Bertz CT molecular complexity index is 702. The van der Waals surface area contributed by atoms with Gasteiger partial charge in [-0.1, -0.05) is 13.3 Å². The number of nitro groups is 1. The Labute approximate surface area is 164 Å². The first-order valence-corrected chi connectivity index (χ1v) is 10.5. The van der Waals surface area contributed by atoms with Crippen molar-refractivity contribution < 1.29 is 14.5 Å². The first kappa shape index (κ1) is 21.2. The van der Waals surface area contributed by atoms with Gasteiger partial charge in [-0.2, -0.15) is 0 Å². The molecule has 1 heterocycles. The molecule has 1 aromatic carbocycles. The van der Waals surface area contributed by atoms with E-state index in [0.717, 1.165) is 24.3 Å². The van der Waals surface area contributed by atoms with Crippen LogP contribution in [0, 0.1) is 16.0 Å². The van der Waals surface area contributed by atoms with E-state index in [9.17, 15) is 19.7 Å². The number of amides is 2. The quantitative estimate of drug-likeness (QED) is 0.403. The van der Waals surface area contributed by atoms with Crippen molar-refractivity contribution in [1.29, 1.82) is 0 Å². The molecule has 0 unspecified atom stereocenters. The van der Waals surface area contributed by atoms with E-state index >= 15 is 0 Å². The molecule has 27 heavy (non-hydrogen) atoms. The lowest BCUT2D eigenvalue weighted by Gasteiger charge is -2.33. The molecule has 0 spiro atoms. The van der Waals surface area contributed by atoms with Gasteiger partial charge < -0.3 is 9.80 Å². The number of benzene rings is 1. The normalized spacial score (nSPS) is 14.9. The number of rotatable bonds is 7. The Kier molecular flexibility index (Phi) is 7.65.